The van der Waals surface area contributed by atoms with Gasteiger partial charge in [0.2, 0.25) is 0 Å². The highest BCUT2D eigenvalue weighted by atomic mass is 32.2. The molecule has 0 spiro atoms. The van der Waals surface area contributed by atoms with Gasteiger partial charge in [-0.25, -0.2) is 0 Å². The van der Waals surface area contributed by atoms with E-state index in [0.717, 1.165) is 12.8 Å². The molecule has 5 nitrogen and oxygen atoms in total. The molecule has 0 aliphatic heterocycles. The normalized spacial score (nSPS) is 15.6. The van der Waals surface area contributed by atoms with Crippen molar-refractivity contribution in [3.05, 3.63) is 29.8 Å². The van der Waals surface area contributed by atoms with Crippen LogP contribution in [0.4, 0.5) is 5.69 Å². The highest BCUT2D eigenvalue weighted by molar-refractivity contribution is 7.90. The lowest BCUT2D eigenvalue weighted by Gasteiger charge is -2.08. The summed E-state index contributed by atoms with van der Waals surface area (Å²) in [6, 6.07) is 6.41. The smallest absolute Gasteiger partial charge is 0.295 e. The van der Waals surface area contributed by atoms with Crippen LogP contribution >= 0.6 is 0 Å². The van der Waals surface area contributed by atoms with Crippen molar-refractivity contribution in [2.24, 2.45) is 0 Å². The molecule has 0 amide bonds. The fourth-order valence-corrected chi connectivity index (χ4v) is 2.56. The monoisotopic (exact) mass is 254 g/mol. The molecular weight excluding hydrogens is 240 g/mol. The second kappa shape index (κ2) is 4.46. The van der Waals surface area contributed by atoms with Crippen LogP contribution in [0.1, 0.15) is 30.1 Å². The summed E-state index contributed by atoms with van der Waals surface area (Å²) in [5, 5.41) is 0. The zero-order valence-corrected chi connectivity index (χ0v) is 10.3. The number of carbonyl (C=O) groups is 1. The summed E-state index contributed by atoms with van der Waals surface area (Å²) in [5.74, 6) is -0.0458. The highest BCUT2D eigenvalue weighted by Gasteiger charge is 2.26. The molecule has 92 valence electrons. The number of nitrogens with one attached hydrogen (secondary N) is 2. The quantitative estimate of drug-likeness (QED) is 0.778. The SMILES string of the molecule is CC(=O)c1ccc(NS(=O)(=O)NC2CC2)cc1. The average Bonchev–Trinajstić information content (AvgIpc) is 3.00. The number of carbonyl (C=O) groups excluding carboxylic acids is 1. The van der Waals surface area contributed by atoms with E-state index in [2.05, 4.69) is 9.44 Å². The summed E-state index contributed by atoms with van der Waals surface area (Å²) in [7, 11) is -3.49. The van der Waals surface area contributed by atoms with Crippen molar-refractivity contribution >= 4 is 21.7 Å². The van der Waals surface area contributed by atoms with Crippen molar-refractivity contribution in [1.82, 2.24) is 4.72 Å². The van der Waals surface area contributed by atoms with Crippen LogP contribution in [0.25, 0.3) is 0 Å². The topological polar surface area (TPSA) is 75.3 Å². The van der Waals surface area contributed by atoms with Crippen LogP contribution in [-0.4, -0.2) is 20.2 Å². The van der Waals surface area contributed by atoms with Gasteiger partial charge in [0, 0.05) is 17.3 Å². The standard InChI is InChI=1S/C11H14N2O3S/c1-8(14)9-2-4-10(5-3-9)12-17(15,16)13-11-6-7-11/h2-5,11-13H,6-7H2,1H3. The van der Waals surface area contributed by atoms with Gasteiger partial charge in [0.25, 0.3) is 10.2 Å². The van der Waals surface area contributed by atoms with Gasteiger partial charge in [-0.1, -0.05) is 0 Å². The van der Waals surface area contributed by atoms with Crippen LogP contribution < -0.4 is 9.44 Å². The van der Waals surface area contributed by atoms with Crippen LogP contribution in [-0.2, 0) is 10.2 Å². The Balaban J connectivity index is 2.05. The third-order valence-corrected chi connectivity index (χ3v) is 3.59. The van der Waals surface area contributed by atoms with Crippen molar-refractivity contribution in [3.8, 4) is 0 Å². The Labute approximate surface area is 100 Å². The molecule has 1 aromatic carbocycles. The second-order valence-corrected chi connectivity index (χ2v) is 5.58. The van der Waals surface area contributed by atoms with Crippen LogP contribution in [0, 0.1) is 0 Å². The van der Waals surface area contributed by atoms with E-state index in [0.29, 0.717) is 11.3 Å². The minimum atomic E-state index is -3.49. The van der Waals surface area contributed by atoms with Crippen molar-refractivity contribution in [3.63, 3.8) is 0 Å². The number of ketones is 1. The molecule has 1 aliphatic rings. The third-order valence-electron chi connectivity index (χ3n) is 2.44. The van der Waals surface area contributed by atoms with Gasteiger partial charge < -0.3 is 0 Å². The number of hydrogen-bond donors (Lipinski definition) is 2. The van der Waals surface area contributed by atoms with Crippen LogP contribution in [0.2, 0.25) is 0 Å². The van der Waals surface area contributed by atoms with Gasteiger partial charge in [-0.3, -0.25) is 9.52 Å². The number of rotatable bonds is 5. The summed E-state index contributed by atoms with van der Waals surface area (Å²) in [6.07, 6.45) is 1.79. The van der Waals surface area contributed by atoms with E-state index in [1.807, 2.05) is 0 Å². The number of Topliss-reactive ketones (excluding diaryl/α,β-unsaturated/α-hetero) is 1. The van der Waals surface area contributed by atoms with E-state index >= 15 is 0 Å². The largest absolute Gasteiger partial charge is 0.299 e. The molecule has 0 heterocycles. The fourth-order valence-electron chi connectivity index (χ4n) is 1.38. The molecular formula is C11H14N2O3S. The van der Waals surface area contributed by atoms with Crippen molar-refractivity contribution in [2.45, 2.75) is 25.8 Å². The molecule has 0 atom stereocenters. The van der Waals surface area contributed by atoms with E-state index in [4.69, 9.17) is 0 Å². The molecule has 1 fully saturated rings. The molecule has 2 rings (SSSR count). The Hall–Kier alpha value is -1.40. The lowest BCUT2D eigenvalue weighted by Crippen LogP contribution is -2.31. The predicted octanol–water partition coefficient (Wildman–Crippen LogP) is 1.30. The predicted molar refractivity (Wildman–Crippen MR) is 65.1 cm³/mol. The summed E-state index contributed by atoms with van der Waals surface area (Å²) in [6.45, 7) is 1.47. The molecule has 6 heteroatoms. The van der Waals surface area contributed by atoms with Gasteiger partial charge >= 0.3 is 0 Å². The lowest BCUT2D eigenvalue weighted by atomic mass is 10.1. The van der Waals surface area contributed by atoms with Crippen molar-refractivity contribution < 1.29 is 13.2 Å². The zero-order chi connectivity index (χ0) is 12.5. The summed E-state index contributed by atoms with van der Waals surface area (Å²) >= 11 is 0. The number of anilines is 1. The highest BCUT2D eigenvalue weighted by Crippen LogP contribution is 2.20. The Morgan fingerprint density at radius 2 is 1.82 bits per heavy atom. The molecule has 17 heavy (non-hydrogen) atoms. The molecule has 0 saturated heterocycles. The summed E-state index contributed by atoms with van der Waals surface area (Å²) in [5.41, 5.74) is 1.01. The Morgan fingerprint density at radius 3 is 2.29 bits per heavy atom. The first kappa shape index (κ1) is 12.1. The summed E-state index contributed by atoms with van der Waals surface area (Å²) < 4.78 is 28.1. The van der Waals surface area contributed by atoms with E-state index < -0.39 is 10.2 Å². The van der Waals surface area contributed by atoms with E-state index in [1.165, 1.54) is 6.92 Å². The molecule has 1 aliphatic carbocycles. The first-order valence-corrected chi connectivity index (χ1v) is 6.86. The van der Waals surface area contributed by atoms with Crippen LogP contribution in [0.3, 0.4) is 0 Å². The molecule has 0 bridgehead atoms. The second-order valence-electron chi connectivity index (χ2n) is 4.13. The third kappa shape index (κ3) is 3.54. The summed E-state index contributed by atoms with van der Waals surface area (Å²) in [4.78, 5) is 11.0. The fraction of sp³-hybridized carbons (Fsp3) is 0.364. The van der Waals surface area contributed by atoms with Gasteiger partial charge in [-0.2, -0.15) is 13.1 Å². The molecule has 1 saturated carbocycles. The van der Waals surface area contributed by atoms with Gasteiger partial charge in [-0.15, -0.1) is 0 Å². The van der Waals surface area contributed by atoms with Crippen LogP contribution in [0.15, 0.2) is 24.3 Å². The molecule has 2 N–H and O–H groups in total. The van der Waals surface area contributed by atoms with E-state index in [9.17, 15) is 13.2 Å². The van der Waals surface area contributed by atoms with Gasteiger partial charge in [0.15, 0.2) is 5.78 Å². The minimum Gasteiger partial charge on any atom is -0.295 e. The van der Waals surface area contributed by atoms with Crippen molar-refractivity contribution in [2.75, 3.05) is 4.72 Å². The van der Waals surface area contributed by atoms with E-state index in [1.54, 1.807) is 24.3 Å². The average molecular weight is 254 g/mol. The zero-order valence-electron chi connectivity index (χ0n) is 9.43. The van der Waals surface area contributed by atoms with Gasteiger partial charge in [0.05, 0.1) is 0 Å². The first-order chi connectivity index (χ1) is 7.96. The maximum Gasteiger partial charge on any atom is 0.299 e. The number of benzene rings is 1. The molecule has 1 aromatic rings. The maximum absolute atomic E-state index is 11.6. The van der Waals surface area contributed by atoms with Crippen LogP contribution in [0.5, 0.6) is 0 Å². The number of hydrogen-bond acceptors (Lipinski definition) is 3. The Morgan fingerprint density at radius 1 is 1.24 bits per heavy atom. The molecule has 0 aromatic heterocycles. The minimum absolute atomic E-state index is 0.0458. The van der Waals surface area contributed by atoms with Gasteiger partial charge in [-0.05, 0) is 44.0 Å². The molecule has 0 radical (unpaired) electrons. The maximum atomic E-state index is 11.6. The Bertz CT molecular complexity index is 518. The van der Waals surface area contributed by atoms with Crippen molar-refractivity contribution in [1.29, 1.82) is 0 Å². The van der Waals surface area contributed by atoms with Gasteiger partial charge in [0.1, 0.15) is 0 Å². The molecule has 0 unspecified atom stereocenters. The van der Waals surface area contributed by atoms with E-state index in [-0.39, 0.29) is 11.8 Å². The first-order valence-electron chi connectivity index (χ1n) is 5.37. The Kier molecular flexibility index (Phi) is 3.17. The lowest BCUT2D eigenvalue weighted by molar-refractivity contribution is 0.101.